The van der Waals surface area contributed by atoms with Crippen LogP contribution >= 0.6 is 0 Å². The molecule has 1 amide bonds. The molecule has 1 aromatic heterocycles. The first-order valence-electron chi connectivity index (χ1n) is 9.00. The molecule has 1 aliphatic rings. The van der Waals surface area contributed by atoms with Crippen molar-refractivity contribution in [2.24, 2.45) is 11.7 Å². The largest absolute Gasteiger partial charge is 0.368 e. The molecular formula is C18H24N6O3S. The summed E-state index contributed by atoms with van der Waals surface area (Å²) in [5.41, 5.74) is 6.62. The number of anilines is 3. The Labute approximate surface area is 164 Å². The second-order valence-electron chi connectivity index (χ2n) is 6.76. The van der Waals surface area contributed by atoms with Crippen LogP contribution in [0.25, 0.3) is 0 Å². The highest BCUT2D eigenvalue weighted by molar-refractivity contribution is 7.90. The molecule has 1 saturated heterocycles. The van der Waals surface area contributed by atoms with E-state index in [9.17, 15) is 13.2 Å². The van der Waals surface area contributed by atoms with Crippen molar-refractivity contribution in [1.29, 1.82) is 0 Å². The molecule has 0 radical (unpaired) electrons. The van der Waals surface area contributed by atoms with Gasteiger partial charge >= 0.3 is 0 Å². The van der Waals surface area contributed by atoms with E-state index < -0.39 is 15.7 Å². The Bertz CT molecular complexity index is 989. The lowest BCUT2D eigenvalue weighted by molar-refractivity contribution is 0.0996. The van der Waals surface area contributed by atoms with Crippen LogP contribution in [0.4, 0.5) is 17.3 Å². The molecule has 2 heterocycles. The molecule has 5 N–H and O–H groups in total. The smallest absolute Gasteiger partial charge is 0.271 e. The van der Waals surface area contributed by atoms with Crippen LogP contribution in [0.15, 0.2) is 29.2 Å². The summed E-state index contributed by atoms with van der Waals surface area (Å²) in [6.07, 6.45) is 1.72. The maximum atomic E-state index is 11.9. The maximum absolute atomic E-state index is 11.9. The monoisotopic (exact) mass is 404 g/mol. The molecule has 10 heteroatoms. The van der Waals surface area contributed by atoms with Gasteiger partial charge in [-0.3, -0.25) is 4.79 Å². The number of hydrogen-bond acceptors (Lipinski definition) is 8. The number of hydrogen-bond donors (Lipinski definition) is 4. The number of amides is 1. The summed E-state index contributed by atoms with van der Waals surface area (Å²) in [4.78, 5) is 21.0. The second-order valence-corrected chi connectivity index (χ2v) is 8.78. The molecule has 0 unspecified atom stereocenters. The number of nitrogens with zero attached hydrogens (tertiary/aromatic N) is 2. The Morgan fingerprint density at radius 1 is 1.29 bits per heavy atom. The average molecular weight is 404 g/mol. The summed E-state index contributed by atoms with van der Waals surface area (Å²) in [6.45, 7) is 4.57. The van der Waals surface area contributed by atoms with E-state index in [1.165, 1.54) is 12.1 Å². The van der Waals surface area contributed by atoms with Gasteiger partial charge in [-0.2, -0.15) is 0 Å². The van der Waals surface area contributed by atoms with Gasteiger partial charge in [0, 0.05) is 37.5 Å². The fraction of sp³-hybridized carbons (Fsp3) is 0.389. The van der Waals surface area contributed by atoms with Crippen LogP contribution in [0.3, 0.4) is 0 Å². The van der Waals surface area contributed by atoms with Crippen LogP contribution in [-0.4, -0.2) is 50.2 Å². The number of rotatable bonds is 8. The van der Waals surface area contributed by atoms with Gasteiger partial charge in [0.1, 0.15) is 5.82 Å². The lowest BCUT2D eigenvalue weighted by Gasteiger charge is -2.27. The number of sulfone groups is 1. The van der Waals surface area contributed by atoms with Crippen LogP contribution in [0.1, 0.15) is 23.1 Å². The van der Waals surface area contributed by atoms with Gasteiger partial charge in [-0.25, -0.2) is 18.4 Å². The Morgan fingerprint density at radius 2 is 2.04 bits per heavy atom. The Balaban J connectivity index is 1.94. The minimum absolute atomic E-state index is 0.0115. The number of benzene rings is 1. The SMILES string of the molecule is CCc1nc(C(N)=O)c(Nc2cccc(S(C)(=O)=O)c2)nc1NCC1CNC1. The predicted molar refractivity (Wildman–Crippen MR) is 108 cm³/mol. The van der Waals surface area contributed by atoms with E-state index in [2.05, 4.69) is 25.9 Å². The van der Waals surface area contributed by atoms with Crippen molar-refractivity contribution in [2.75, 3.05) is 36.5 Å². The number of primary amides is 1. The van der Waals surface area contributed by atoms with E-state index in [1.54, 1.807) is 12.1 Å². The third-order valence-electron chi connectivity index (χ3n) is 4.49. The van der Waals surface area contributed by atoms with E-state index in [-0.39, 0.29) is 16.4 Å². The fourth-order valence-corrected chi connectivity index (χ4v) is 3.46. The summed E-state index contributed by atoms with van der Waals surface area (Å²) in [7, 11) is -3.36. The minimum Gasteiger partial charge on any atom is -0.368 e. The third-order valence-corrected chi connectivity index (χ3v) is 5.60. The van der Waals surface area contributed by atoms with Crippen molar-refractivity contribution >= 4 is 33.1 Å². The first kappa shape index (κ1) is 20.0. The Morgan fingerprint density at radius 3 is 2.61 bits per heavy atom. The molecule has 0 atom stereocenters. The summed E-state index contributed by atoms with van der Waals surface area (Å²) in [5, 5.41) is 9.49. The number of carbonyl (C=O) groups is 1. The first-order valence-corrected chi connectivity index (χ1v) is 10.9. The zero-order valence-corrected chi connectivity index (χ0v) is 16.6. The first-order chi connectivity index (χ1) is 13.3. The van der Waals surface area contributed by atoms with E-state index in [0.717, 1.165) is 25.9 Å². The van der Waals surface area contributed by atoms with Gasteiger partial charge in [-0.1, -0.05) is 13.0 Å². The van der Waals surface area contributed by atoms with Crippen molar-refractivity contribution in [3.8, 4) is 0 Å². The van der Waals surface area contributed by atoms with E-state index in [0.29, 0.717) is 29.5 Å². The topological polar surface area (TPSA) is 139 Å². The molecule has 0 spiro atoms. The molecule has 1 aromatic carbocycles. The number of nitrogens with one attached hydrogen (secondary N) is 3. The van der Waals surface area contributed by atoms with Crippen molar-refractivity contribution in [3.63, 3.8) is 0 Å². The molecule has 3 rings (SSSR count). The molecule has 0 saturated carbocycles. The molecule has 2 aromatic rings. The maximum Gasteiger partial charge on any atom is 0.271 e. The van der Waals surface area contributed by atoms with Crippen LogP contribution in [0.5, 0.6) is 0 Å². The van der Waals surface area contributed by atoms with E-state index in [1.807, 2.05) is 6.92 Å². The van der Waals surface area contributed by atoms with Gasteiger partial charge in [0.15, 0.2) is 21.3 Å². The van der Waals surface area contributed by atoms with Crippen LogP contribution in [-0.2, 0) is 16.3 Å². The van der Waals surface area contributed by atoms with Crippen molar-refractivity contribution in [2.45, 2.75) is 18.2 Å². The highest BCUT2D eigenvalue weighted by Crippen LogP contribution is 2.24. The van der Waals surface area contributed by atoms with Crippen molar-refractivity contribution in [3.05, 3.63) is 35.7 Å². The van der Waals surface area contributed by atoms with Gasteiger partial charge in [0.2, 0.25) is 0 Å². The zero-order valence-electron chi connectivity index (χ0n) is 15.8. The fourth-order valence-electron chi connectivity index (χ4n) is 2.79. The number of aromatic nitrogens is 2. The Hall–Kier alpha value is -2.72. The lowest BCUT2D eigenvalue weighted by Crippen LogP contribution is -2.45. The van der Waals surface area contributed by atoms with Gasteiger partial charge in [0.05, 0.1) is 10.6 Å². The van der Waals surface area contributed by atoms with E-state index >= 15 is 0 Å². The molecule has 28 heavy (non-hydrogen) atoms. The van der Waals surface area contributed by atoms with Gasteiger partial charge in [-0.15, -0.1) is 0 Å². The standard InChI is InChI=1S/C18H24N6O3S/c1-3-14-17(21-10-11-8-20-9-11)24-18(15(23-14)16(19)25)22-12-5-4-6-13(7-12)28(2,26)27/h4-7,11,20H,3,8-10H2,1-2H3,(H2,19,25)(H2,21,22,24). The normalized spacial score (nSPS) is 14.4. The molecule has 9 nitrogen and oxygen atoms in total. The van der Waals surface area contributed by atoms with Crippen LogP contribution in [0.2, 0.25) is 0 Å². The molecule has 0 bridgehead atoms. The summed E-state index contributed by atoms with van der Waals surface area (Å²) < 4.78 is 23.6. The predicted octanol–water partition coefficient (Wildman–Crippen LogP) is 0.916. The number of aryl methyl sites for hydroxylation is 1. The molecule has 1 aliphatic heterocycles. The summed E-state index contributed by atoms with van der Waals surface area (Å²) in [6, 6.07) is 6.27. The van der Waals surface area contributed by atoms with Gasteiger partial charge in [-0.05, 0) is 24.6 Å². The molecular weight excluding hydrogens is 380 g/mol. The number of carbonyl (C=O) groups excluding carboxylic acids is 1. The van der Waals surface area contributed by atoms with Crippen LogP contribution < -0.4 is 21.7 Å². The molecule has 150 valence electrons. The summed E-state index contributed by atoms with van der Waals surface area (Å²) in [5.74, 6) is 0.578. The van der Waals surface area contributed by atoms with Gasteiger partial charge in [0.25, 0.3) is 5.91 Å². The summed E-state index contributed by atoms with van der Waals surface area (Å²) >= 11 is 0. The quantitative estimate of drug-likeness (QED) is 0.509. The van der Waals surface area contributed by atoms with Gasteiger partial charge < -0.3 is 21.7 Å². The minimum atomic E-state index is -3.36. The average Bonchev–Trinajstić information content (AvgIpc) is 2.60. The number of nitrogens with two attached hydrogens (primary N) is 1. The Kier molecular flexibility index (Phi) is 5.80. The molecule has 1 fully saturated rings. The van der Waals surface area contributed by atoms with Crippen LogP contribution in [0, 0.1) is 5.92 Å². The highest BCUT2D eigenvalue weighted by Gasteiger charge is 2.20. The van der Waals surface area contributed by atoms with E-state index in [4.69, 9.17) is 5.73 Å². The van der Waals surface area contributed by atoms with Crippen molar-refractivity contribution < 1.29 is 13.2 Å². The second kappa shape index (κ2) is 8.11. The molecule has 0 aliphatic carbocycles. The van der Waals surface area contributed by atoms with Crippen molar-refractivity contribution in [1.82, 2.24) is 15.3 Å². The lowest BCUT2D eigenvalue weighted by atomic mass is 10.0. The highest BCUT2D eigenvalue weighted by atomic mass is 32.2. The third kappa shape index (κ3) is 4.57. The zero-order chi connectivity index (χ0) is 20.3.